The van der Waals surface area contributed by atoms with Crippen molar-refractivity contribution in [1.29, 1.82) is 0 Å². The predicted molar refractivity (Wildman–Crippen MR) is 85.8 cm³/mol. The van der Waals surface area contributed by atoms with Crippen LogP contribution in [0.3, 0.4) is 0 Å². The number of nitrogens with one attached hydrogen (secondary N) is 1. The maximum Gasteiger partial charge on any atom is 0.128 e. The van der Waals surface area contributed by atoms with Crippen molar-refractivity contribution >= 4 is 22.6 Å². The Kier molecular flexibility index (Phi) is 5.10. The lowest BCUT2D eigenvalue weighted by Gasteiger charge is -2.21. The fourth-order valence-electron chi connectivity index (χ4n) is 2.21. The Morgan fingerprint density at radius 3 is 2.50 bits per heavy atom. The second-order valence-electron chi connectivity index (χ2n) is 4.68. The molecule has 0 aliphatic rings. The SMILES string of the molecule is CCNC(c1cc(C)ccc1F)c1ccc(F)cc1I. The van der Waals surface area contributed by atoms with Crippen molar-refractivity contribution in [3.05, 3.63) is 68.3 Å². The number of halogens is 3. The van der Waals surface area contributed by atoms with Gasteiger partial charge in [0.1, 0.15) is 11.6 Å². The molecule has 1 N–H and O–H groups in total. The third kappa shape index (κ3) is 3.35. The molecule has 0 aromatic heterocycles. The first-order chi connectivity index (χ1) is 9.52. The highest BCUT2D eigenvalue weighted by atomic mass is 127. The Morgan fingerprint density at radius 2 is 1.85 bits per heavy atom. The quantitative estimate of drug-likeness (QED) is 0.758. The van der Waals surface area contributed by atoms with E-state index in [1.54, 1.807) is 12.1 Å². The van der Waals surface area contributed by atoms with Crippen molar-refractivity contribution in [3.63, 3.8) is 0 Å². The Balaban J connectivity index is 2.53. The summed E-state index contributed by atoms with van der Waals surface area (Å²) in [5, 5.41) is 3.28. The van der Waals surface area contributed by atoms with Crippen LogP contribution >= 0.6 is 22.6 Å². The van der Waals surface area contributed by atoms with E-state index in [9.17, 15) is 8.78 Å². The van der Waals surface area contributed by atoms with E-state index in [1.165, 1.54) is 18.2 Å². The van der Waals surface area contributed by atoms with Crippen LogP contribution in [0.5, 0.6) is 0 Å². The minimum Gasteiger partial charge on any atom is -0.306 e. The summed E-state index contributed by atoms with van der Waals surface area (Å²) in [5.74, 6) is -0.528. The summed E-state index contributed by atoms with van der Waals surface area (Å²) < 4.78 is 28.2. The Labute approximate surface area is 131 Å². The molecule has 2 aromatic carbocycles. The van der Waals surface area contributed by atoms with E-state index in [2.05, 4.69) is 27.9 Å². The molecule has 2 rings (SSSR count). The summed E-state index contributed by atoms with van der Waals surface area (Å²) in [6.07, 6.45) is 0. The van der Waals surface area contributed by atoms with Gasteiger partial charge in [-0.3, -0.25) is 0 Å². The summed E-state index contributed by atoms with van der Waals surface area (Å²) in [5.41, 5.74) is 2.48. The van der Waals surface area contributed by atoms with Crippen LogP contribution in [-0.4, -0.2) is 6.54 Å². The number of rotatable bonds is 4. The number of hydrogen-bond acceptors (Lipinski definition) is 1. The molecular formula is C16H16F2IN. The van der Waals surface area contributed by atoms with Gasteiger partial charge in [-0.15, -0.1) is 0 Å². The molecular weight excluding hydrogens is 371 g/mol. The van der Waals surface area contributed by atoms with Gasteiger partial charge in [-0.05, 0) is 59.8 Å². The first-order valence-corrected chi connectivity index (χ1v) is 7.55. The third-order valence-corrected chi connectivity index (χ3v) is 4.08. The normalized spacial score (nSPS) is 12.4. The lowest BCUT2D eigenvalue weighted by Crippen LogP contribution is -2.24. The van der Waals surface area contributed by atoms with Crippen LogP contribution in [0.4, 0.5) is 8.78 Å². The zero-order valence-electron chi connectivity index (χ0n) is 11.4. The molecule has 0 aliphatic heterocycles. The van der Waals surface area contributed by atoms with Crippen molar-refractivity contribution in [2.75, 3.05) is 6.54 Å². The van der Waals surface area contributed by atoms with Crippen LogP contribution in [0.15, 0.2) is 36.4 Å². The van der Waals surface area contributed by atoms with Crippen molar-refractivity contribution in [2.45, 2.75) is 19.9 Å². The molecule has 0 fully saturated rings. The average Bonchev–Trinajstić information content (AvgIpc) is 2.40. The molecule has 0 bridgehead atoms. The molecule has 0 aliphatic carbocycles. The van der Waals surface area contributed by atoms with Crippen molar-refractivity contribution in [3.8, 4) is 0 Å². The van der Waals surface area contributed by atoms with Crippen molar-refractivity contribution in [1.82, 2.24) is 5.32 Å². The van der Waals surface area contributed by atoms with Gasteiger partial charge in [0, 0.05) is 9.13 Å². The van der Waals surface area contributed by atoms with Crippen LogP contribution in [0, 0.1) is 22.1 Å². The zero-order chi connectivity index (χ0) is 14.7. The second kappa shape index (κ2) is 6.63. The van der Waals surface area contributed by atoms with Crippen LogP contribution in [-0.2, 0) is 0 Å². The molecule has 0 saturated heterocycles. The molecule has 0 amide bonds. The molecule has 106 valence electrons. The smallest absolute Gasteiger partial charge is 0.128 e. The molecule has 0 saturated carbocycles. The molecule has 1 atom stereocenters. The monoisotopic (exact) mass is 387 g/mol. The van der Waals surface area contributed by atoms with E-state index < -0.39 is 0 Å². The van der Waals surface area contributed by atoms with Gasteiger partial charge in [0.15, 0.2) is 0 Å². The van der Waals surface area contributed by atoms with Crippen molar-refractivity contribution in [2.24, 2.45) is 0 Å². The van der Waals surface area contributed by atoms with E-state index in [-0.39, 0.29) is 17.7 Å². The summed E-state index contributed by atoms with van der Waals surface area (Å²) >= 11 is 2.09. The fourth-order valence-corrected chi connectivity index (χ4v) is 3.00. The highest BCUT2D eigenvalue weighted by molar-refractivity contribution is 14.1. The molecule has 4 heteroatoms. The molecule has 1 nitrogen and oxygen atoms in total. The Morgan fingerprint density at radius 1 is 1.10 bits per heavy atom. The first kappa shape index (κ1) is 15.4. The van der Waals surface area contributed by atoms with Gasteiger partial charge in [0.05, 0.1) is 6.04 Å². The highest BCUT2D eigenvalue weighted by Crippen LogP contribution is 2.29. The van der Waals surface area contributed by atoms with Gasteiger partial charge >= 0.3 is 0 Å². The van der Waals surface area contributed by atoms with E-state index in [4.69, 9.17) is 0 Å². The van der Waals surface area contributed by atoms with E-state index >= 15 is 0 Å². The molecule has 0 radical (unpaired) electrons. The summed E-state index contributed by atoms with van der Waals surface area (Å²) in [6, 6.07) is 9.38. The Bertz CT molecular complexity index is 613. The van der Waals surface area contributed by atoms with Gasteiger partial charge in [0.25, 0.3) is 0 Å². The number of benzene rings is 2. The van der Waals surface area contributed by atoms with Crippen LogP contribution in [0.25, 0.3) is 0 Å². The largest absolute Gasteiger partial charge is 0.306 e. The van der Waals surface area contributed by atoms with Gasteiger partial charge in [-0.2, -0.15) is 0 Å². The molecule has 0 heterocycles. The number of aryl methyl sites for hydroxylation is 1. The number of hydrogen-bond donors (Lipinski definition) is 1. The van der Waals surface area contributed by atoms with Crippen molar-refractivity contribution < 1.29 is 8.78 Å². The van der Waals surface area contributed by atoms with Crippen LogP contribution in [0.1, 0.15) is 29.7 Å². The lowest BCUT2D eigenvalue weighted by atomic mass is 9.96. The van der Waals surface area contributed by atoms with Gasteiger partial charge < -0.3 is 5.32 Å². The topological polar surface area (TPSA) is 12.0 Å². The lowest BCUT2D eigenvalue weighted by molar-refractivity contribution is 0.555. The summed E-state index contributed by atoms with van der Waals surface area (Å²) in [7, 11) is 0. The summed E-state index contributed by atoms with van der Waals surface area (Å²) in [4.78, 5) is 0. The molecule has 1 unspecified atom stereocenters. The molecule has 20 heavy (non-hydrogen) atoms. The van der Waals surface area contributed by atoms with E-state index in [0.29, 0.717) is 12.1 Å². The Hall–Kier alpha value is -1.01. The predicted octanol–water partition coefficient (Wildman–Crippen LogP) is 4.58. The molecule has 0 spiro atoms. The maximum absolute atomic E-state index is 14.1. The molecule has 2 aromatic rings. The highest BCUT2D eigenvalue weighted by Gasteiger charge is 2.19. The second-order valence-corrected chi connectivity index (χ2v) is 5.84. The summed E-state index contributed by atoms with van der Waals surface area (Å²) in [6.45, 7) is 4.60. The van der Waals surface area contributed by atoms with Gasteiger partial charge in [-0.1, -0.05) is 30.7 Å². The van der Waals surface area contributed by atoms with E-state index in [0.717, 1.165) is 14.7 Å². The third-order valence-electron chi connectivity index (χ3n) is 3.14. The minimum absolute atomic E-state index is 0.248. The first-order valence-electron chi connectivity index (χ1n) is 6.47. The van der Waals surface area contributed by atoms with Gasteiger partial charge in [0.2, 0.25) is 0 Å². The standard InChI is InChI=1S/C16H16F2IN/c1-3-20-16(12-6-5-11(17)9-15(12)19)13-8-10(2)4-7-14(13)18/h4-9,16,20H,3H2,1-2H3. The van der Waals surface area contributed by atoms with E-state index in [1.807, 2.05) is 19.9 Å². The average molecular weight is 387 g/mol. The van der Waals surface area contributed by atoms with Crippen LogP contribution < -0.4 is 5.32 Å². The maximum atomic E-state index is 14.1. The zero-order valence-corrected chi connectivity index (χ0v) is 13.5. The fraction of sp³-hybridized carbons (Fsp3) is 0.250. The van der Waals surface area contributed by atoms with Gasteiger partial charge in [-0.25, -0.2) is 8.78 Å². The minimum atomic E-state index is -0.280. The van der Waals surface area contributed by atoms with Crippen LogP contribution in [0.2, 0.25) is 0 Å².